The molecule has 4 saturated carbocycles. The van der Waals surface area contributed by atoms with Crippen molar-refractivity contribution in [2.24, 2.45) is 45.8 Å². The second kappa shape index (κ2) is 6.46. The first-order chi connectivity index (χ1) is 12.3. The highest BCUT2D eigenvalue weighted by molar-refractivity contribution is 5.11. The Morgan fingerprint density at radius 2 is 1.50 bits per heavy atom. The standard InChI is InChI=1S/C23H40O3/c1-21(13-24,14-25)20-7-6-18-17-5-4-15-12-16(26)8-10-22(15,2)19(17)9-11-23(18,20)3/h15-20,24-26H,4-14H2,1-3H3/t15-,16-,17+,18+,19+,20-,22+,23+/m1/s1. The van der Waals surface area contributed by atoms with Crippen molar-refractivity contribution in [3.8, 4) is 0 Å². The molecule has 0 heterocycles. The molecule has 4 rings (SSSR count). The third-order valence-corrected chi connectivity index (χ3v) is 10.2. The number of rotatable bonds is 3. The summed E-state index contributed by atoms with van der Waals surface area (Å²) in [4.78, 5) is 0. The number of aliphatic hydroxyl groups is 3. The van der Waals surface area contributed by atoms with Gasteiger partial charge in [-0.25, -0.2) is 0 Å². The fourth-order valence-corrected chi connectivity index (χ4v) is 8.65. The molecule has 0 aromatic heterocycles. The van der Waals surface area contributed by atoms with E-state index in [2.05, 4.69) is 20.8 Å². The largest absolute Gasteiger partial charge is 0.396 e. The van der Waals surface area contributed by atoms with Crippen molar-refractivity contribution in [3.05, 3.63) is 0 Å². The van der Waals surface area contributed by atoms with Gasteiger partial charge in [-0.05, 0) is 98.2 Å². The van der Waals surface area contributed by atoms with Crippen LogP contribution in [0, 0.1) is 45.8 Å². The Balaban J connectivity index is 1.60. The van der Waals surface area contributed by atoms with Gasteiger partial charge in [0.1, 0.15) is 0 Å². The molecule has 0 spiro atoms. The van der Waals surface area contributed by atoms with Gasteiger partial charge >= 0.3 is 0 Å². The number of hydrogen-bond donors (Lipinski definition) is 3. The van der Waals surface area contributed by atoms with Crippen LogP contribution in [-0.2, 0) is 0 Å². The molecule has 3 nitrogen and oxygen atoms in total. The first-order valence-electron chi connectivity index (χ1n) is 11.2. The Morgan fingerprint density at radius 3 is 2.19 bits per heavy atom. The predicted molar refractivity (Wildman–Crippen MR) is 104 cm³/mol. The van der Waals surface area contributed by atoms with Gasteiger partial charge in [0.15, 0.2) is 0 Å². The molecule has 0 radical (unpaired) electrons. The summed E-state index contributed by atoms with van der Waals surface area (Å²) in [5.41, 5.74) is 0.365. The molecule has 0 bridgehead atoms. The molecule has 0 saturated heterocycles. The quantitative estimate of drug-likeness (QED) is 0.709. The van der Waals surface area contributed by atoms with E-state index < -0.39 is 0 Å². The summed E-state index contributed by atoms with van der Waals surface area (Å²) >= 11 is 0. The SMILES string of the molecule is CC(CO)(CO)[C@H]1CC[C@H]2[C@@H]3CC[C@@H]4C[C@H](O)CC[C@]4(C)[C@H]3CC[C@]12C. The minimum absolute atomic E-state index is 0.0656. The molecule has 0 aliphatic heterocycles. The van der Waals surface area contributed by atoms with Gasteiger partial charge in [0, 0.05) is 5.41 Å². The summed E-state index contributed by atoms with van der Waals surface area (Å²) in [6.07, 6.45) is 10.8. The fraction of sp³-hybridized carbons (Fsp3) is 1.00. The van der Waals surface area contributed by atoms with Gasteiger partial charge in [-0.3, -0.25) is 0 Å². The molecule has 0 unspecified atom stereocenters. The van der Waals surface area contributed by atoms with Crippen LogP contribution in [0.4, 0.5) is 0 Å². The third kappa shape index (κ3) is 2.56. The fourth-order valence-electron chi connectivity index (χ4n) is 8.65. The Hall–Kier alpha value is -0.120. The second-order valence-corrected chi connectivity index (χ2v) is 11.2. The minimum atomic E-state index is -0.341. The van der Waals surface area contributed by atoms with Gasteiger partial charge in [0.05, 0.1) is 19.3 Å². The third-order valence-electron chi connectivity index (χ3n) is 10.2. The van der Waals surface area contributed by atoms with Gasteiger partial charge in [-0.15, -0.1) is 0 Å². The van der Waals surface area contributed by atoms with Gasteiger partial charge in [-0.1, -0.05) is 20.8 Å². The highest BCUT2D eigenvalue weighted by atomic mass is 16.3. The first kappa shape index (κ1) is 19.2. The lowest BCUT2D eigenvalue weighted by atomic mass is 9.44. The molecule has 8 atom stereocenters. The molecule has 4 fully saturated rings. The molecule has 3 N–H and O–H groups in total. The highest BCUT2D eigenvalue weighted by Gasteiger charge is 2.62. The van der Waals surface area contributed by atoms with Crippen molar-refractivity contribution in [3.63, 3.8) is 0 Å². The topological polar surface area (TPSA) is 60.7 Å². The molecule has 26 heavy (non-hydrogen) atoms. The summed E-state index contributed by atoms with van der Waals surface area (Å²) in [6.45, 7) is 7.32. The maximum atomic E-state index is 10.2. The van der Waals surface area contributed by atoms with Crippen molar-refractivity contribution in [1.82, 2.24) is 0 Å². The van der Waals surface area contributed by atoms with Crippen molar-refractivity contribution in [2.75, 3.05) is 13.2 Å². The lowest BCUT2D eigenvalue weighted by Crippen LogP contribution is -2.55. The van der Waals surface area contributed by atoms with Crippen LogP contribution in [0.25, 0.3) is 0 Å². The van der Waals surface area contributed by atoms with Crippen LogP contribution >= 0.6 is 0 Å². The molecule has 0 aromatic rings. The van der Waals surface area contributed by atoms with Crippen LogP contribution in [0.5, 0.6) is 0 Å². The Morgan fingerprint density at radius 1 is 0.846 bits per heavy atom. The molecule has 3 heteroatoms. The van der Waals surface area contributed by atoms with E-state index in [-0.39, 0.29) is 30.1 Å². The van der Waals surface area contributed by atoms with Crippen LogP contribution in [-0.4, -0.2) is 34.6 Å². The lowest BCUT2D eigenvalue weighted by molar-refractivity contribution is -0.139. The van der Waals surface area contributed by atoms with Crippen LogP contribution in [0.15, 0.2) is 0 Å². The van der Waals surface area contributed by atoms with E-state index in [0.717, 1.165) is 30.6 Å². The molecular weight excluding hydrogens is 324 g/mol. The van der Waals surface area contributed by atoms with E-state index in [1.54, 1.807) is 0 Å². The van der Waals surface area contributed by atoms with E-state index in [9.17, 15) is 15.3 Å². The van der Waals surface area contributed by atoms with Gasteiger partial charge in [-0.2, -0.15) is 0 Å². The van der Waals surface area contributed by atoms with E-state index in [0.29, 0.717) is 17.3 Å². The summed E-state index contributed by atoms with van der Waals surface area (Å²) < 4.78 is 0. The summed E-state index contributed by atoms with van der Waals surface area (Å²) in [5, 5.41) is 30.2. The van der Waals surface area contributed by atoms with E-state index in [1.807, 2.05) is 0 Å². The van der Waals surface area contributed by atoms with Crippen LogP contribution < -0.4 is 0 Å². The molecule has 0 amide bonds. The molecule has 4 aliphatic rings. The van der Waals surface area contributed by atoms with Crippen molar-refractivity contribution >= 4 is 0 Å². The summed E-state index contributed by atoms with van der Waals surface area (Å²) in [7, 11) is 0. The normalized spacial score (nSPS) is 51.5. The highest BCUT2D eigenvalue weighted by Crippen LogP contribution is 2.69. The monoisotopic (exact) mass is 364 g/mol. The zero-order valence-electron chi connectivity index (χ0n) is 17.1. The minimum Gasteiger partial charge on any atom is -0.396 e. The van der Waals surface area contributed by atoms with Gasteiger partial charge in [0.2, 0.25) is 0 Å². The zero-order valence-corrected chi connectivity index (χ0v) is 17.1. The molecule has 0 aromatic carbocycles. The van der Waals surface area contributed by atoms with Crippen molar-refractivity contribution in [1.29, 1.82) is 0 Å². The number of aliphatic hydroxyl groups excluding tert-OH is 3. The number of fused-ring (bicyclic) bond motifs is 5. The van der Waals surface area contributed by atoms with E-state index in [4.69, 9.17) is 0 Å². The molecule has 150 valence electrons. The van der Waals surface area contributed by atoms with Crippen LogP contribution in [0.3, 0.4) is 0 Å². The Bertz CT molecular complexity index is 530. The smallest absolute Gasteiger partial charge is 0.0543 e. The molecule has 4 aliphatic carbocycles. The van der Waals surface area contributed by atoms with Crippen LogP contribution in [0.2, 0.25) is 0 Å². The van der Waals surface area contributed by atoms with E-state index >= 15 is 0 Å². The summed E-state index contributed by atoms with van der Waals surface area (Å²) in [6, 6.07) is 0. The van der Waals surface area contributed by atoms with Crippen LogP contribution in [0.1, 0.15) is 78.6 Å². The average molecular weight is 365 g/mol. The van der Waals surface area contributed by atoms with Gasteiger partial charge in [0.25, 0.3) is 0 Å². The zero-order chi connectivity index (χ0) is 18.7. The summed E-state index contributed by atoms with van der Waals surface area (Å²) in [5.74, 6) is 3.55. The van der Waals surface area contributed by atoms with E-state index in [1.165, 1.54) is 44.9 Å². The first-order valence-corrected chi connectivity index (χ1v) is 11.2. The maximum absolute atomic E-state index is 10.2. The van der Waals surface area contributed by atoms with Crippen molar-refractivity contribution < 1.29 is 15.3 Å². The lowest BCUT2D eigenvalue weighted by Gasteiger charge is -2.61. The second-order valence-electron chi connectivity index (χ2n) is 11.2. The Labute approximate surface area is 159 Å². The molecular formula is C23H40O3. The number of hydrogen-bond acceptors (Lipinski definition) is 3. The van der Waals surface area contributed by atoms with Crippen molar-refractivity contribution in [2.45, 2.75) is 84.7 Å². The van der Waals surface area contributed by atoms with Gasteiger partial charge < -0.3 is 15.3 Å². The predicted octanol–water partition coefficient (Wildman–Crippen LogP) is 4.00. The Kier molecular flexibility index (Phi) is 4.77. The average Bonchev–Trinajstić information content (AvgIpc) is 2.99. The maximum Gasteiger partial charge on any atom is 0.0543 e.